The Morgan fingerprint density at radius 2 is 1.86 bits per heavy atom. The third-order valence-electron chi connectivity index (χ3n) is 4.95. The summed E-state index contributed by atoms with van der Waals surface area (Å²) >= 11 is 0. The van der Waals surface area contributed by atoms with Gasteiger partial charge in [0.25, 0.3) is 5.91 Å². The van der Waals surface area contributed by atoms with Gasteiger partial charge in [-0.1, -0.05) is 48.0 Å². The summed E-state index contributed by atoms with van der Waals surface area (Å²) in [6.07, 6.45) is 3.45. The number of hydrogen-bond acceptors (Lipinski definition) is 2. The molecule has 28 heavy (non-hydrogen) atoms. The number of nitrogens with one attached hydrogen (secondary N) is 3. The largest absolute Gasteiger partial charge is 0.361 e. The molecule has 0 saturated carbocycles. The van der Waals surface area contributed by atoms with Crippen LogP contribution in [0.2, 0.25) is 0 Å². The second kappa shape index (κ2) is 7.56. The van der Waals surface area contributed by atoms with Crippen LogP contribution in [0.25, 0.3) is 10.9 Å². The Bertz CT molecular complexity index is 1170. The number of aromatic amines is 2. The molecular formula is C23H21N3O2. The van der Waals surface area contributed by atoms with Gasteiger partial charge in [0.15, 0.2) is 0 Å². The summed E-state index contributed by atoms with van der Waals surface area (Å²) in [7, 11) is 0. The van der Waals surface area contributed by atoms with Crippen LogP contribution >= 0.6 is 0 Å². The Kier molecular flexibility index (Phi) is 4.81. The predicted octanol–water partition coefficient (Wildman–Crippen LogP) is 3.73. The fourth-order valence-electron chi connectivity index (χ4n) is 3.53. The number of amides is 1. The molecule has 1 amide bonds. The molecule has 4 rings (SSSR count). The SMILES string of the molecule is Cc1cccc(C(CNC(=O)c2ccc(=O)[nH]c2)c2c[nH]c3ccccc23)c1. The summed E-state index contributed by atoms with van der Waals surface area (Å²) < 4.78 is 0. The third kappa shape index (κ3) is 3.60. The van der Waals surface area contributed by atoms with Gasteiger partial charge < -0.3 is 15.3 Å². The van der Waals surface area contributed by atoms with Crippen molar-refractivity contribution in [1.29, 1.82) is 0 Å². The average molecular weight is 371 g/mol. The zero-order valence-corrected chi connectivity index (χ0v) is 15.5. The van der Waals surface area contributed by atoms with Gasteiger partial charge in [-0.25, -0.2) is 0 Å². The zero-order chi connectivity index (χ0) is 19.5. The number of rotatable bonds is 5. The van der Waals surface area contributed by atoms with Crippen molar-refractivity contribution < 1.29 is 4.79 Å². The molecule has 5 heteroatoms. The monoisotopic (exact) mass is 371 g/mol. The Labute approximate surface area is 162 Å². The molecule has 140 valence electrons. The third-order valence-corrected chi connectivity index (χ3v) is 4.95. The molecule has 0 saturated heterocycles. The van der Waals surface area contributed by atoms with Gasteiger partial charge >= 0.3 is 0 Å². The average Bonchev–Trinajstić information content (AvgIpc) is 3.13. The molecule has 1 atom stereocenters. The van der Waals surface area contributed by atoms with Crippen molar-refractivity contribution in [2.24, 2.45) is 0 Å². The normalized spacial score (nSPS) is 12.0. The highest BCUT2D eigenvalue weighted by atomic mass is 16.1. The Balaban J connectivity index is 1.66. The highest BCUT2D eigenvalue weighted by Crippen LogP contribution is 2.31. The summed E-state index contributed by atoms with van der Waals surface area (Å²) in [5.74, 6) is -0.212. The highest BCUT2D eigenvalue weighted by Gasteiger charge is 2.19. The maximum absolute atomic E-state index is 12.6. The minimum absolute atomic E-state index is 0.00256. The van der Waals surface area contributed by atoms with Gasteiger partial charge in [-0.3, -0.25) is 9.59 Å². The second-order valence-electron chi connectivity index (χ2n) is 6.91. The van der Waals surface area contributed by atoms with Crippen LogP contribution in [-0.2, 0) is 0 Å². The standard InChI is InChI=1S/C23H21N3O2/c1-15-5-4-6-16(11-15)19(20-14-24-21-8-3-2-7-18(20)21)13-26-23(28)17-9-10-22(27)25-12-17/h2-12,14,19,24H,13H2,1H3,(H,25,27)(H,26,28). The number of carbonyl (C=O) groups is 1. The number of para-hydroxylation sites is 1. The van der Waals surface area contributed by atoms with E-state index in [4.69, 9.17) is 0 Å². The molecule has 5 nitrogen and oxygen atoms in total. The van der Waals surface area contributed by atoms with Gasteiger partial charge in [-0.15, -0.1) is 0 Å². The second-order valence-corrected chi connectivity index (χ2v) is 6.91. The van der Waals surface area contributed by atoms with Crippen LogP contribution in [0.4, 0.5) is 0 Å². The molecule has 2 aromatic heterocycles. The van der Waals surface area contributed by atoms with Crippen molar-refractivity contribution in [2.45, 2.75) is 12.8 Å². The number of pyridine rings is 1. The van der Waals surface area contributed by atoms with Gasteiger partial charge in [0.05, 0.1) is 5.56 Å². The molecule has 3 N–H and O–H groups in total. The van der Waals surface area contributed by atoms with E-state index < -0.39 is 0 Å². The van der Waals surface area contributed by atoms with E-state index in [0.29, 0.717) is 12.1 Å². The molecule has 1 unspecified atom stereocenters. The summed E-state index contributed by atoms with van der Waals surface area (Å²) in [6.45, 7) is 2.51. The predicted molar refractivity (Wildman–Crippen MR) is 111 cm³/mol. The lowest BCUT2D eigenvalue weighted by Gasteiger charge is -2.19. The van der Waals surface area contributed by atoms with Crippen LogP contribution in [-0.4, -0.2) is 22.4 Å². The van der Waals surface area contributed by atoms with Crippen molar-refractivity contribution in [3.05, 3.63) is 106 Å². The first-order valence-corrected chi connectivity index (χ1v) is 9.21. The molecule has 0 aliphatic heterocycles. The van der Waals surface area contributed by atoms with Crippen molar-refractivity contribution >= 4 is 16.8 Å². The summed E-state index contributed by atoms with van der Waals surface area (Å²) in [4.78, 5) is 29.6. The summed E-state index contributed by atoms with van der Waals surface area (Å²) in [6, 6.07) is 19.4. The Morgan fingerprint density at radius 3 is 2.64 bits per heavy atom. The summed E-state index contributed by atoms with van der Waals surface area (Å²) in [5, 5.41) is 4.16. The van der Waals surface area contributed by atoms with E-state index in [1.807, 2.05) is 30.5 Å². The number of carbonyl (C=O) groups excluding carboxylic acids is 1. The lowest BCUT2D eigenvalue weighted by molar-refractivity contribution is 0.0952. The molecule has 0 aliphatic carbocycles. The van der Waals surface area contributed by atoms with E-state index in [-0.39, 0.29) is 17.4 Å². The van der Waals surface area contributed by atoms with E-state index in [1.165, 1.54) is 23.9 Å². The van der Waals surface area contributed by atoms with Crippen molar-refractivity contribution in [1.82, 2.24) is 15.3 Å². The van der Waals surface area contributed by atoms with E-state index in [1.54, 1.807) is 0 Å². The molecule has 0 bridgehead atoms. The topological polar surface area (TPSA) is 77.8 Å². The number of aryl methyl sites for hydroxylation is 1. The van der Waals surface area contributed by atoms with E-state index in [0.717, 1.165) is 22.0 Å². The molecule has 2 aromatic carbocycles. The van der Waals surface area contributed by atoms with Crippen LogP contribution in [0.3, 0.4) is 0 Å². The number of fused-ring (bicyclic) bond motifs is 1. The lowest BCUT2D eigenvalue weighted by atomic mass is 9.90. The number of hydrogen-bond donors (Lipinski definition) is 3. The Morgan fingerprint density at radius 1 is 1.00 bits per heavy atom. The lowest BCUT2D eigenvalue weighted by Crippen LogP contribution is -2.29. The first-order chi connectivity index (χ1) is 13.6. The first-order valence-electron chi connectivity index (χ1n) is 9.21. The minimum Gasteiger partial charge on any atom is -0.361 e. The first kappa shape index (κ1) is 17.8. The zero-order valence-electron chi connectivity index (χ0n) is 15.5. The van der Waals surface area contributed by atoms with Crippen molar-refractivity contribution in [3.63, 3.8) is 0 Å². The maximum Gasteiger partial charge on any atom is 0.252 e. The van der Waals surface area contributed by atoms with Gasteiger partial charge in [0.2, 0.25) is 5.56 Å². The summed E-state index contributed by atoms with van der Waals surface area (Å²) in [5.41, 5.74) is 4.74. The molecule has 0 aliphatic rings. The highest BCUT2D eigenvalue weighted by molar-refractivity contribution is 5.94. The molecule has 0 fully saturated rings. The van der Waals surface area contributed by atoms with Gasteiger partial charge in [0, 0.05) is 41.8 Å². The molecule has 0 spiro atoms. The minimum atomic E-state index is -0.229. The maximum atomic E-state index is 12.6. The van der Waals surface area contributed by atoms with Crippen LogP contribution in [0, 0.1) is 6.92 Å². The van der Waals surface area contributed by atoms with Crippen LogP contribution in [0.15, 0.2) is 77.9 Å². The molecular weight excluding hydrogens is 350 g/mol. The van der Waals surface area contributed by atoms with Crippen LogP contribution in [0.5, 0.6) is 0 Å². The van der Waals surface area contributed by atoms with Gasteiger partial charge in [-0.2, -0.15) is 0 Å². The molecule has 4 aromatic rings. The van der Waals surface area contributed by atoms with Gasteiger partial charge in [0.1, 0.15) is 0 Å². The van der Waals surface area contributed by atoms with E-state index >= 15 is 0 Å². The van der Waals surface area contributed by atoms with Crippen molar-refractivity contribution in [2.75, 3.05) is 6.54 Å². The van der Waals surface area contributed by atoms with Crippen molar-refractivity contribution in [3.8, 4) is 0 Å². The molecule has 2 heterocycles. The number of H-pyrrole nitrogens is 2. The van der Waals surface area contributed by atoms with Crippen LogP contribution in [0.1, 0.15) is 33.0 Å². The van der Waals surface area contributed by atoms with E-state index in [2.05, 4.69) is 46.5 Å². The number of benzene rings is 2. The molecule has 0 radical (unpaired) electrons. The fraction of sp³-hybridized carbons (Fsp3) is 0.130. The Hall–Kier alpha value is -3.60. The quantitative estimate of drug-likeness (QED) is 0.500. The number of aromatic nitrogens is 2. The van der Waals surface area contributed by atoms with Crippen LogP contribution < -0.4 is 10.9 Å². The van der Waals surface area contributed by atoms with Gasteiger partial charge in [-0.05, 0) is 30.2 Å². The van der Waals surface area contributed by atoms with E-state index in [9.17, 15) is 9.59 Å². The fourth-order valence-corrected chi connectivity index (χ4v) is 3.53. The smallest absolute Gasteiger partial charge is 0.252 e.